The minimum atomic E-state index is -0.0916. The molecule has 3 fully saturated rings. The summed E-state index contributed by atoms with van der Waals surface area (Å²) in [6, 6.07) is 0. The van der Waals surface area contributed by atoms with Crippen LogP contribution in [0.2, 0.25) is 0 Å². The maximum Gasteiger partial charge on any atom is 0.302 e. The molecule has 23 heavy (non-hydrogen) atoms. The van der Waals surface area contributed by atoms with Gasteiger partial charge in [0.1, 0.15) is 6.10 Å². The second-order valence-corrected chi connectivity index (χ2v) is 9.16. The Hall–Kier alpha value is -0.790. The fourth-order valence-electron chi connectivity index (χ4n) is 6.82. The van der Waals surface area contributed by atoms with Crippen LogP contribution in [0.25, 0.3) is 0 Å². The number of allylic oxidation sites excluding steroid dienone is 2. The second kappa shape index (κ2) is 5.63. The van der Waals surface area contributed by atoms with Crippen LogP contribution in [0.3, 0.4) is 0 Å². The van der Waals surface area contributed by atoms with E-state index in [-0.39, 0.29) is 17.5 Å². The Balaban J connectivity index is 1.57. The quantitative estimate of drug-likeness (QED) is 0.495. The molecule has 4 aliphatic rings. The number of ether oxygens (including phenoxy) is 1. The number of fused-ring (bicyclic) bond motifs is 5. The average molecular weight is 316 g/mol. The van der Waals surface area contributed by atoms with Gasteiger partial charge < -0.3 is 4.74 Å². The lowest BCUT2D eigenvalue weighted by molar-refractivity contribution is -0.155. The van der Waals surface area contributed by atoms with E-state index >= 15 is 0 Å². The van der Waals surface area contributed by atoms with E-state index in [4.69, 9.17) is 4.74 Å². The zero-order valence-corrected chi connectivity index (χ0v) is 15.0. The molecule has 0 radical (unpaired) electrons. The van der Waals surface area contributed by atoms with E-state index in [9.17, 15) is 4.79 Å². The molecule has 0 aromatic carbocycles. The molecular formula is C21H32O2. The highest BCUT2D eigenvalue weighted by molar-refractivity contribution is 5.66. The first kappa shape index (κ1) is 15.7. The molecule has 2 heteroatoms. The van der Waals surface area contributed by atoms with E-state index in [1.807, 2.05) is 0 Å². The summed E-state index contributed by atoms with van der Waals surface area (Å²) in [4.78, 5) is 11.5. The Morgan fingerprint density at radius 3 is 2.78 bits per heavy atom. The van der Waals surface area contributed by atoms with Crippen molar-refractivity contribution in [3.63, 3.8) is 0 Å². The summed E-state index contributed by atoms with van der Waals surface area (Å²) in [6.45, 7) is 6.40. The zero-order valence-electron chi connectivity index (χ0n) is 15.0. The Morgan fingerprint density at radius 2 is 2.00 bits per heavy atom. The van der Waals surface area contributed by atoms with Crippen molar-refractivity contribution in [1.29, 1.82) is 0 Å². The van der Waals surface area contributed by atoms with Gasteiger partial charge >= 0.3 is 5.97 Å². The number of hydrogen-bond acceptors (Lipinski definition) is 2. The van der Waals surface area contributed by atoms with Gasteiger partial charge in [-0.2, -0.15) is 0 Å². The minimum absolute atomic E-state index is 0.0916. The Bertz CT molecular complexity index is 522. The molecule has 2 nitrogen and oxygen atoms in total. The van der Waals surface area contributed by atoms with Gasteiger partial charge in [0.15, 0.2) is 0 Å². The molecule has 0 bridgehead atoms. The summed E-state index contributed by atoms with van der Waals surface area (Å²) in [6.07, 6.45) is 13.2. The predicted molar refractivity (Wildman–Crippen MR) is 91.8 cm³/mol. The van der Waals surface area contributed by atoms with Crippen LogP contribution in [-0.4, -0.2) is 12.1 Å². The van der Waals surface area contributed by atoms with Crippen molar-refractivity contribution in [2.45, 2.75) is 78.2 Å². The molecule has 5 unspecified atom stereocenters. The maximum absolute atomic E-state index is 11.5. The van der Waals surface area contributed by atoms with E-state index in [1.165, 1.54) is 44.9 Å². The van der Waals surface area contributed by atoms with Crippen LogP contribution in [0.15, 0.2) is 11.6 Å². The largest absolute Gasteiger partial charge is 0.462 e. The molecule has 0 amide bonds. The van der Waals surface area contributed by atoms with E-state index in [1.54, 1.807) is 12.5 Å². The van der Waals surface area contributed by atoms with E-state index in [0.29, 0.717) is 0 Å². The van der Waals surface area contributed by atoms with Gasteiger partial charge in [-0.3, -0.25) is 4.79 Å². The van der Waals surface area contributed by atoms with Crippen molar-refractivity contribution >= 4 is 5.97 Å². The minimum Gasteiger partial charge on any atom is -0.462 e. The molecule has 3 saturated carbocycles. The predicted octanol–water partition coefficient (Wildman–Crippen LogP) is 5.13. The number of carbonyl (C=O) groups is 1. The first-order valence-corrected chi connectivity index (χ1v) is 9.85. The van der Waals surface area contributed by atoms with Crippen molar-refractivity contribution in [1.82, 2.24) is 0 Å². The van der Waals surface area contributed by atoms with Gasteiger partial charge in [-0.05, 0) is 81.0 Å². The third-order valence-corrected chi connectivity index (χ3v) is 7.91. The topological polar surface area (TPSA) is 26.3 Å². The van der Waals surface area contributed by atoms with Crippen LogP contribution >= 0.6 is 0 Å². The summed E-state index contributed by atoms with van der Waals surface area (Å²) in [5, 5.41) is 0. The molecule has 0 aromatic rings. The summed E-state index contributed by atoms with van der Waals surface area (Å²) in [7, 11) is 0. The first-order chi connectivity index (χ1) is 11.0. The standard InChI is InChI=1S/C21H32O2/c1-13-4-6-16-15(12-13)5-7-18-17(16)10-11-21(3)19(18)8-9-20(21)23-14(2)22/h5,13,16-20H,4,6-12H2,1-3H3/t13?,16?,17?,18?,19?,20-,21-/m0/s1. The fourth-order valence-corrected chi connectivity index (χ4v) is 6.82. The van der Waals surface area contributed by atoms with Gasteiger partial charge in [-0.15, -0.1) is 0 Å². The number of rotatable bonds is 1. The molecule has 7 atom stereocenters. The van der Waals surface area contributed by atoms with Crippen LogP contribution in [-0.2, 0) is 9.53 Å². The third-order valence-electron chi connectivity index (χ3n) is 7.91. The lowest BCUT2D eigenvalue weighted by Crippen LogP contribution is -2.47. The monoisotopic (exact) mass is 316 g/mol. The van der Waals surface area contributed by atoms with Gasteiger partial charge in [0.05, 0.1) is 0 Å². The highest BCUT2D eigenvalue weighted by Crippen LogP contribution is 2.62. The summed E-state index contributed by atoms with van der Waals surface area (Å²) < 4.78 is 5.73. The van der Waals surface area contributed by atoms with Gasteiger partial charge in [-0.25, -0.2) is 0 Å². The number of carbonyl (C=O) groups excluding carboxylic acids is 1. The highest BCUT2D eigenvalue weighted by Gasteiger charge is 2.57. The van der Waals surface area contributed by atoms with Crippen molar-refractivity contribution < 1.29 is 9.53 Å². The Morgan fingerprint density at radius 1 is 1.17 bits per heavy atom. The van der Waals surface area contributed by atoms with Crippen LogP contribution in [0.4, 0.5) is 0 Å². The third kappa shape index (κ3) is 2.48. The van der Waals surface area contributed by atoms with E-state index in [2.05, 4.69) is 19.9 Å². The molecule has 0 heterocycles. The molecule has 4 rings (SSSR count). The van der Waals surface area contributed by atoms with Crippen LogP contribution < -0.4 is 0 Å². The number of esters is 1. The smallest absolute Gasteiger partial charge is 0.302 e. The van der Waals surface area contributed by atoms with Gasteiger partial charge in [-0.1, -0.05) is 25.5 Å². The fraction of sp³-hybridized carbons (Fsp3) is 0.857. The molecule has 4 aliphatic carbocycles. The molecule has 0 aliphatic heterocycles. The Kier molecular flexibility index (Phi) is 3.85. The maximum atomic E-state index is 11.5. The van der Waals surface area contributed by atoms with Crippen molar-refractivity contribution in [2.24, 2.45) is 35.0 Å². The molecule has 0 aromatic heterocycles. The molecule has 0 N–H and O–H groups in total. The average Bonchev–Trinajstić information content (AvgIpc) is 2.83. The molecule has 0 saturated heterocycles. The lowest BCUT2D eigenvalue weighted by atomic mass is 9.52. The van der Waals surface area contributed by atoms with E-state index < -0.39 is 0 Å². The normalized spacial score (nSPS) is 48.7. The summed E-state index contributed by atoms with van der Waals surface area (Å²) in [5.74, 6) is 4.20. The molecular weight excluding hydrogens is 284 g/mol. The van der Waals surface area contributed by atoms with Crippen molar-refractivity contribution in [2.75, 3.05) is 0 Å². The van der Waals surface area contributed by atoms with Gasteiger partial charge in [0, 0.05) is 12.3 Å². The highest BCUT2D eigenvalue weighted by atomic mass is 16.5. The van der Waals surface area contributed by atoms with Crippen molar-refractivity contribution in [3.05, 3.63) is 11.6 Å². The second-order valence-electron chi connectivity index (χ2n) is 9.16. The molecule has 0 spiro atoms. The first-order valence-electron chi connectivity index (χ1n) is 9.85. The van der Waals surface area contributed by atoms with Crippen LogP contribution in [0, 0.1) is 35.0 Å². The zero-order chi connectivity index (χ0) is 16.2. The van der Waals surface area contributed by atoms with E-state index in [0.717, 1.165) is 36.0 Å². The van der Waals surface area contributed by atoms with Crippen LogP contribution in [0.5, 0.6) is 0 Å². The molecule has 128 valence electrons. The van der Waals surface area contributed by atoms with Gasteiger partial charge in [0.25, 0.3) is 0 Å². The lowest BCUT2D eigenvalue weighted by Gasteiger charge is -2.53. The summed E-state index contributed by atoms with van der Waals surface area (Å²) >= 11 is 0. The Labute approximate surface area is 141 Å². The van der Waals surface area contributed by atoms with Crippen LogP contribution in [0.1, 0.15) is 72.1 Å². The van der Waals surface area contributed by atoms with Crippen molar-refractivity contribution in [3.8, 4) is 0 Å². The summed E-state index contributed by atoms with van der Waals surface area (Å²) in [5.41, 5.74) is 2.03. The van der Waals surface area contributed by atoms with Gasteiger partial charge in [0.2, 0.25) is 0 Å². The number of hydrogen-bond donors (Lipinski definition) is 0. The SMILES string of the molecule is CC(=O)O[C@H]1CCC2C3CC=C4CC(C)CCC4C3CC[C@@]21C.